The van der Waals surface area contributed by atoms with E-state index in [2.05, 4.69) is 10.6 Å². The number of carbonyl (C=O) groups excluding carboxylic acids is 4. The summed E-state index contributed by atoms with van der Waals surface area (Å²) >= 11 is 0. The molecular formula is C35H51N3O8. The molecule has 4 N–H and O–H groups in total. The lowest BCUT2D eigenvalue weighted by molar-refractivity contribution is -0.159. The van der Waals surface area contributed by atoms with Crippen LogP contribution in [-0.2, 0) is 30.3 Å². The average molecular weight is 642 g/mol. The molecule has 0 aliphatic rings. The summed E-state index contributed by atoms with van der Waals surface area (Å²) in [5, 5.41) is 25.8. The van der Waals surface area contributed by atoms with E-state index in [-0.39, 0.29) is 24.3 Å². The Kier molecular flexibility index (Phi) is 14.5. The Morgan fingerprint density at radius 2 is 1.48 bits per heavy atom. The van der Waals surface area contributed by atoms with E-state index in [1.807, 2.05) is 37.3 Å². The van der Waals surface area contributed by atoms with Crippen LogP contribution in [0.1, 0.15) is 91.3 Å². The van der Waals surface area contributed by atoms with E-state index in [1.165, 1.54) is 17.0 Å². The first-order valence-corrected chi connectivity index (χ1v) is 15.8. The number of alkyl carbamates (subject to hydrolysis) is 1. The van der Waals surface area contributed by atoms with Crippen LogP contribution in [0.15, 0.2) is 54.6 Å². The highest BCUT2D eigenvalue weighted by Gasteiger charge is 2.38. The van der Waals surface area contributed by atoms with Crippen LogP contribution in [0.2, 0.25) is 0 Å². The minimum Gasteiger partial charge on any atom is -0.508 e. The van der Waals surface area contributed by atoms with Crippen LogP contribution >= 0.6 is 0 Å². The molecule has 3 unspecified atom stereocenters. The van der Waals surface area contributed by atoms with E-state index in [9.17, 15) is 29.4 Å². The van der Waals surface area contributed by atoms with Crippen molar-refractivity contribution in [1.82, 2.24) is 15.5 Å². The monoisotopic (exact) mass is 641 g/mol. The Labute approximate surface area is 272 Å². The smallest absolute Gasteiger partial charge is 0.408 e. The maximum atomic E-state index is 14.3. The summed E-state index contributed by atoms with van der Waals surface area (Å²) in [4.78, 5) is 55.7. The number of esters is 1. The van der Waals surface area contributed by atoms with E-state index >= 15 is 0 Å². The van der Waals surface area contributed by atoms with Gasteiger partial charge in [-0.25, -0.2) is 9.59 Å². The van der Waals surface area contributed by atoms with Gasteiger partial charge >= 0.3 is 12.1 Å². The molecule has 0 spiro atoms. The quantitative estimate of drug-likeness (QED) is 0.160. The van der Waals surface area contributed by atoms with E-state index in [0.717, 1.165) is 24.8 Å². The van der Waals surface area contributed by atoms with Gasteiger partial charge in [-0.15, -0.1) is 0 Å². The minimum absolute atomic E-state index is 0.0921. The Morgan fingerprint density at radius 1 is 0.826 bits per heavy atom. The lowest BCUT2D eigenvalue weighted by Crippen LogP contribution is -2.56. The highest BCUT2D eigenvalue weighted by molar-refractivity contribution is 5.94. The predicted molar refractivity (Wildman–Crippen MR) is 175 cm³/mol. The van der Waals surface area contributed by atoms with Gasteiger partial charge in [0, 0.05) is 13.0 Å². The fourth-order valence-corrected chi connectivity index (χ4v) is 4.75. The third kappa shape index (κ3) is 13.1. The molecule has 0 fully saturated rings. The lowest BCUT2D eigenvalue weighted by atomic mass is 10.00. The van der Waals surface area contributed by atoms with Crippen molar-refractivity contribution in [2.45, 2.75) is 110 Å². The molecule has 0 saturated heterocycles. The summed E-state index contributed by atoms with van der Waals surface area (Å²) in [7, 11) is 0. The number of hydrogen-bond donors (Lipinski definition) is 4. The Hall–Kier alpha value is -4.12. The second-order valence-corrected chi connectivity index (χ2v) is 13.3. The SMILES string of the molecule is CCCCCCN(C(=O)C(CO)NC(=O)OC(C)(C)C)C(C(=O)NC(Cc1ccccc1)C(=O)OC(C)(C)C)c1cccc(O)c1. The molecule has 46 heavy (non-hydrogen) atoms. The topological polar surface area (TPSA) is 154 Å². The average Bonchev–Trinajstić information content (AvgIpc) is 2.95. The standard InChI is InChI=1S/C35H51N3O8/c1-8-9-10-14-20-38(31(42)28(23-39)37-33(44)46-35(5,6)7)29(25-18-15-19-26(40)22-25)30(41)36-27(32(43)45-34(2,3)4)21-24-16-12-11-13-17-24/h11-13,15-19,22,27-29,39-40H,8-10,14,20-21,23H2,1-7H3,(H,36,41)(H,37,44). The van der Waals surface area contributed by atoms with Gasteiger partial charge in [-0.2, -0.15) is 0 Å². The zero-order valence-electron chi connectivity index (χ0n) is 28.2. The van der Waals surface area contributed by atoms with Gasteiger partial charge in [-0.05, 0) is 71.2 Å². The molecule has 3 atom stereocenters. The number of hydrogen-bond acceptors (Lipinski definition) is 8. The van der Waals surface area contributed by atoms with Crippen molar-refractivity contribution in [2.24, 2.45) is 0 Å². The van der Waals surface area contributed by atoms with E-state index in [4.69, 9.17) is 9.47 Å². The number of nitrogens with zero attached hydrogens (tertiary/aromatic N) is 1. The van der Waals surface area contributed by atoms with Crippen molar-refractivity contribution in [3.05, 3.63) is 65.7 Å². The Morgan fingerprint density at radius 3 is 2.04 bits per heavy atom. The molecule has 11 heteroatoms. The van der Waals surface area contributed by atoms with Gasteiger partial charge in [0.1, 0.15) is 35.1 Å². The second kappa shape index (κ2) is 17.5. The number of ether oxygens (including phenoxy) is 2. The van der Waals surface area contributed by atoms with Crippen molar-refractivity contribution in [3.63, 3.8) is 0 Å². The number of nitrogens with one attached hydrogen (secondary N) is 2. The minimum atomic E-state index is -1.43. The number of aliphatic hydroxyl groups is 1. The summed E-state index contributed by atoms with van der Waals surface area (Å²) in [6, 6.07) is 11.2. The lowest BCUT2D eigenvalue weighted by Gasteiger charge is -2.35. The van der Waals surface area contributed by atoms with Crippen LogP contribution in [0.3, 0.4) is 0 Å². The molecule has 254 valence electrons. The first-order valence-electron chi connectivity index (χ1n) is 15.8. The molecule has 0 bridgehead atoms. The Bertz CT molecular complexity index is 1290. The third-order valence-electron chi connectivity index (χ3n) is 6.74. The molecule has 2 aromatic carbocycles. The zero-order valence-corrected chi connectivity index (χ0v) is 28.2. The molecule has 0 aliphatic heterocycles. The van der Waals surface area contributed by atoms with Crippen LogP contribution in [0.4, 0.5) is 4.79 Å². The van der Waals surface area contributed by atoms with Crippen molar-refractivity contribution >= 4 is 23.9 Å². The maximum Gasteiger partial charge on any atom is 0.408 e. The highest BCUT2D eigenvalue weighted by Crippen LogP contribution is 2.27. The number of amides is 3. The number of rotatable bonds is 15. The second-order valence-electron chi connectivity index (χ2n) is 13.3. The number of phenols is 1. The highest BCUT2D eigenvalue weighted by atomic mass is 16.6. The van der Waals surface area contributed by atoms with Crippen LogP contribution in [0.25, 0.3) is 0 Å². The predicted octanol–water partition coefficient (Wildman–Crippen LogP) is 4.80. The van der Waals surface area contributed by atoms with Crippen molar-refractivity contribution in [3.8, 4) is 5.75 Å². The fourth-order valence-electron chi connectivity index (χ4n) is 4.75. The van der Waals surface area contributed by atoms with Gasteiger partial charge in [-0.3, -0.25) is 9.59 Å². The summed E-state index contributed by atoms with van der Waals surface area (Å²) in [6.45, 7) is 11.6. The molecule has 0 aromatic heterocycles. The van der Waals surface area contributed by atoms with E-state index in [1.54, 1.807) is 53.7 Å². The van der Waals surface area contributed by atoms with E-state index in [0.29, 0.717) is 6.42 Å². The molecule has 2 aromatic rings. The van der Waals surface area contributed by atoms with E-state index < -0.39 is 59.8 Å². The van der Waals surface area contributed by atoms with Crippen LogP contribution in [-0.4, -0.2) is 75.4 Å². The van der Waals surface area contributed by atoms with Crippen LogP contribution in [0.5, 0.6) is 5.75 Å². The molecule has 2 rings (SSSR count). The van der Waals surface area contributed by atoms with Gasteiger partial charge in [0.25, 0.3) is 0 Å². The van der Waals surface area contributed by atoms with Crippen molar-refractivity contribution in [2.75, 3.05) is 13.2 Å². The third-order valence-corrected chi connectivity index (χ3v) is 6.74. The summed E-state index contributed by atoms with van der Waals surface area (Å²) in [6.07, 6.45) is 2.32. The first-order chi connectivity index (χ1) is 21.5. The van der Waals surface area contributed by atoms with Gasteiger partial charge in [0.2, 0.25) is 11.8 Å². The normalized spacial score (nSPS) is 13.6. The van der Waals surface area contributed by atoms with Crippen molar-refractivity contribution < 1.29 is 38.9 Å². The number of phenolic OH excluding ortho intramolecular Hbond substituents is 1. The molecule has 11 nitrogen and oxygen atoms in total. The molecule has 0 heterocycles. The summed E-state index contributed by atoms with van der Waals surface area (Å²) in [5.41, 5.74) is -0.628. The summed E-state index contributed by atoms with van der Waals surface area (Å²) < 4.78 is 10.9. The molecule has 0 aliphatic carbocycles. The number of carbonyl (C=O) groups is 4. The number of unbranched alkanes of at least 4 members (excludes halogenated alkanes) is 3. The van der Waals surface area contributed by atoms with Gasteiger partial charge in [-0.1, -0.05) is 68.7 Å². The molecular weight excluding hydrogens is 590 g/mol. The van der Waals surface area contributed by atoms with Gasteiger partial charge in [0.15, 0.2) is 0 Å². The number of aliphatic hydroxyl groups excluding tert-OH is 1. The number of benzene rings is 2. The largest absolute Gasteiger partial charge is 0.508 e. The molecule has 0 radical (unpaired) electrons. The summed E-state index contributed by atoms with van der Waals surface area (Å²) in [5.74, 6) is -2.22. The Balaban J connectivity index is 2.57. The van der Waals surface area contributed by atoms with Gasteiger partial charge < -0.3 is 35.2 Å². The fraction of sp³-hybridized carbons (Fsp3) is 0.543. The number of aromatic hydroxyl groups is 1. The molecule has 0 saturated carbocycles. The molecule has 3 amide bonds. The maximum absolute atomic E-state index is 14.3. The zero-order chi connectivity index (χ0) is 34.5. The van der Waals surface area contributed by atoms with Gasteiger partial charge in [0.05, 0.1) is 6.61 Å². The van der Waals surface area contributed by atoms with Crippen LogP contribution in [0, 0.1) is 0 Å². The van der Waals surface area contributed by atoms with Crippen LogP contribution < -0.4 is 10.6 Å². The van der Waals surface area contributed by atoms with Crippen molar-refractivity contribution in [1.29, 1.82) is 0 Å². The first kappa shape index (κ1) is 38.1.